The van der Waals surface area contributed by atoms with E-state index in [1.165, 1.54) is 16.9 Å². The number of nitrogens with zero attached hydrogens (tertiary/aromatic N) is 4. The molecule has 8 nitrogen and oxygen atoms in total. The molecule has 0 atom stereocenters. The van der Waals surface area contributed by atoms with Crippen molar-refractivity contribution < 1.29 is 27.4 Å². The third-order valence-corrected chi connectivity index (χ3v) is 6.87. The number of anilines is 1. The van der Waals surface area contributed by atoms with Crippen molar-refractivity contribution in [2.45, 2.75) is 57.4 Å². The van der Waals surface area contributed by atoms with E-state index in [1.54, 1.807) is 13.1 Å². The number of nitrogens with one attached hydrogen (secondary N) is 1. The molecule has 0 aromatic carbocycles. The third kappa shape index (κ3) is 4.72. The Hall–Kier alpha value is -3.31. The van der Waals surface area contributed by atoms with Crippen molar-refractivity contribution in [1.29, 1.82) is 0 Å². The SMILES string of the molecule is Cc1cc(NC(=O)c2cnn(-c3ccc(C(F)(F)F)cn3)c2C)cnc1C1CCC2(CC1)OCCO2. The molecule has 5 rings (SSSR count). The number of amides is 1. The van der Waals surface area contributed by atoms with Gasteiger partial charge >= 0.3 is 6.18 Å². The molecule has 0 bridgehead atoms. The molecule has 1 aliphatic heterocycles. The summed E-state index contributed by atoms with van der Waals surface area (Å²) in [5.41, 5.74) is 2.44. The number of carbonyl (C=O) groups is 1. The standard InChI is InChI=1S/C25H26F3N5O3/c1-15-11-19(13-30-22(15)17-5-7-24(8-6-17)35-9-10-36-24)32-23(34)20-14-31-33(16(20)2)21-4-3-18(12-29-21)25(26,27)28/h3-4,11-14,17H,5-10H2,1-2H3,(H,32,34). The Balaban J connectivity index is 1.26. The molecule has 1 amide bonds. The predicted molar refractivity (Wildman–Crippen MR) is 124 cm³/mol. The monoisotopic (exact) mass is 501 g/mol. The average Bonchev–Trinajstić information content (AvgIpc) is 3.46. The summed E-state index contributed by atoms with van der Waals surface area (Å²) in [5, 5.41) is 6.98. The maximum Gasteiger partial charge on any atom is 0.417 e. The summed E-state index contributed by atoms with van der Waals surface area (Å²) in [4.78, 5) is 21.4. The molecule has 190 valence electrons. The second kappa shape index (κ2) is 9.29. The molecule has 1 aliphatic carbocycles. The Bertz CT molecular complexity index is 1260. The molecular weight excluding hydrogens is 475 g/mol. The Morgan fingerprint density at radius 3 is 2.42 bits per heavy atom. The fraction of sp³-hybridized carbons (Fsp3) is 0.440. The van der Waals surface area contributed by atoms with Crippen LogP contribution in [0.15, 0.2) is 36.8 Å². The summed E-state index contributed by atoms with van der Waals surface area (Å²) in [6, 6.07) is 4.04. The van der Waals surface area contributed by atoms with Crippen LogP contribution >= 0.6 is 0 Å². The van der Waals surface area contributed by atoms with Gasteiger partial charge in [0, 0.05) is 30.7 Å². The summed E-state index contributed by atoms with van der Waals surface area (Å²) in [7, 11) is 0. The Morgan fingerprint density at radius 1 is 1.08 bits per heavy atom. The number of alkyl halides is 3. The van der Waals surface area contributed by atoms with E-state index in [2.05, 4.69) is 20.4 Å². The van der Waals surface area contributed by atoms with Gasteiger partial charge in [-0.1, -0.05) is 0 Å². The van der Waals surface area contributed by atoms with Crippen LogP contribution in [0.5, 0.6) is 0 Å². The minimum Gasteiger partial charge on any atom is -0.348 e. The predicted octanol–water partition coefficient (Wildman–Crippen LogP) is 4.95. The molecule has 1 spiro atoms. The van der Waals surface area contributed by atoms with E-state index in [9.17, 15) is 18.0 Å². The number of hydrogen-bond donors (Lipinski definition) is 1. The highest BCUT2D eigenvalue weighted by atomic mass is 19.4. The summed E-state index contributed by atoms with van der Waals surface area (Å²) < 4.78 is 51.4. The van der Waals surface area contributed by atoms with Crippen LogP contribution in [0.1, 0.15) is 64.5 Å². The lowest BCUT2D eigenvalue weighted by Gasteiger charge is -2.35. The van der Waals surface area contributed by atoms with E-state index in [0.29, 0.717) is 30.5 Å². The van der Waals surface area contributed by atoms with Gasteiger partial charge in [0.15, 0.2) is 11.6 Å². The van der Waals surface area contributed by atoms with E-state index < -0.39 is 23.4 Å². The highest BCUT2D eigenvalue weighted by Gasteiger charge is 2.41. The largest absolute Gasteiger partial charge is 0.417 e. The topological polar surface area (TPSA) is 91.2 Å². The zero-order valence-corrected chi connectivity index (χ0v) is 19.9. The molecule has 2 fully saturated rings. The van der Waals surface area contributed by atoms with Crippen molar-refractivity contribution in [3.8, 4) is 5.82 Å². The van der Waals surface area contributed by atoms with Crippen molar-refractivity contribution in [2.24, 2.45) is 0 Å². The van der Waals surface area contributed by atoms with Gasteiger partial charge in [-0.3, -0.25) is 9.78 Å². The van der Waals surface area contributed by atoms with E-state index in [-0.39, 0.29) is 11.4 Å². The van der Waals surface area contributed by atoms with Gasteiger partial charge in [0.05, 0.1) is 48.1 Å². The summed E-state index contributed by atoms with van der Waals surface area (Å²) >= 11 is 0. The molecule has 3 aromatic rings. The Labute approximate surface area is 205 Å². The zero-order valence-electron chi connectivity index (χ0n) is 19.9. The molecule has 0 radical (unpaired) electrons. The Morgan fingerprint density at radius 2 is 1.81 bits per heavy atom. The number of halogens is 3. The van der Waals surface area contributed by atoms with Crippen molar-refractivity contribution in [1.82, 2.24) is 19.7 Å². The normalized spacial score (nSPS) is 18.0. The van der Waals surface area contributed by atoms with Gasteiger partial charge < -0.3 is 14.8 Å². The van der Waals surface area contributed by atoms with E-state index in [1.807, 2.05) is 13.0 Å². The first-order valence-electron chi connectivity index (χ1n) is 11.8. The fourth-order valence-electron chi connectivity index (χ4n) is 4.94. The van der Waals surface area contributed by atoms with Gasteiger partial charge in [0.2, 0.25) is 0 Å². The first-order chi connectivity index (χ1) is 17.2. The van der Waals surface area contributed by atoms with Crippen LogP contribution in [0.4, 0.5) is 18.9 Å². The number of rotatable bonds is 4. The van der Waals surface area contributed by atoms with Crippen LogP contribution < -0.4 is 5.32 Å². The molecule has 2 aliphatic rings. The lowest BCUT2D eigenvalue weighted by molar-refractivity contribution is -0.179. The van der Waals surface area contributed by atoms with Gasteiger partial charge in [-0.25, -0.2) is 9.67 Å². The number of pyridine rings is 2. The van der Waals surface area contributed by atoms with Gasteiger partial charge in [-0.05, 0) is 50.5 Å². The van der Waals surface area contributed by atoms with Crippen LogP contribution in [0, 0.1) is 13.8 Å². The molecule has 1 saturated heterocycles. The van der Waals surface area contributed by atoms with E-state index >= 15 is 0 Å². The van der Waals surface area contributed by atoms with Gasteiger partial charge in [0.1, 0.15) is 0 Å². The van der Waals surface area contributed by atoms with Gasteiger partial charge in [-0.2, -0.15) is 18.3 Å². The molecule has 4 heterocycles. The van der Waals surface area contributed by atoms with Crippen molar-refractivity contribution in [2.75, 3.05) is 18.5 Å². The molecule has 1 N–H and O–H groups in total. The van der Waals surface area contributed by atoms with Crippen LogP contribution in [-0.2, 0) is 15.7 Å². The van der Waals surface area contributed by atoms with Gasteiger partial charge in [0.25, 0.3) is 5.91 Å². The first-order valence-corrected chi connectivity index (χ1v) is 11.8. The van der Waals surface area contributed by atoms with Crippen LogP contribution in [0.3, 0.4) is 0 Å². The van der Waals surface area contributed by atoms with E-state index in [4.69, 9.17) is 9.47 Å². The minimum atomic E-state index is -4.48. The maximum absolute atomic E-state index is 12.9. The number of hydrogen-bond acceptors (Lipinski definition) is 6. The van der Waals surface area contributed by atoms with Crippen molar-refractivity contribution >= 4 is 11.6 Å². The zero-order chi connectivity index (χ0) is 25.5. The highest BCUT2D eigenvalue weighted by Crippen LogP contribution is 2.42. The lowest BCUT2D eigenvalue weighted by Crippen LogP contribution is -2.34. The summed E-state index contributed by atoms with van der Waals surface area (Å²) in [6.45, 7) is 4.93. The number of ether oxygens (including phenoxy) is 2. The first kappa shape index (κ1) is 24.4. The fourth-order valence-corrected chi connectivity index (χ4v) is 4.94. The molecule has 0 unspecified atom stereocenters. The molecule has 36 heavy (non-hydrogen) atoms. The number of carbonyl (C=O) groups excluding carboxylic acids is 1. The van der Waals surface area contributed by atoms with Gasteiger partial charge in [-0.15, -0.1) is 0 Å². The van der Waals surface area contributed by atoms with Crippen molar-refractivity contribution in [3.05, 3.63) is 64.9 Å². The second-order valence-electron chi connectivity index (χ2n) is 9.22. The quantitative estimate of drug-likeness (QED) is 0.544. The molecular formula is C25H26F3N5O3. The number of aryl methyl sites for hydroxylation is 1. The highest BCUT2D eigenvalue weighted by molar-refractivity contribution is 6.04. The van der Waals surface area contributed by atoms with Crippen LogP contribution in [-0.4, -0.2) is 44.7 Å². The summed E-state index contributed by atoms with van der Waals surface area (Å²) in [5.74, 6) is -0.319. The lowest BCUT2D eigenvalue weighted by atomic mass is 9.82. The second-order valence-corrected chi connectivity index (χ2v) is 9.22. The summed E-state index contributed by atoms with van der Waals surface area (Å²) in [6.07, 6.45) is 2.81. The molecule has 11 heteroatoms. The third-order valence-electron chi connectivity index (χ3n) is 6.87. The number of aromatic nitrogens is 4. The van der Waals surface area contributed by atoms with Crippen LogP contribution in [0.25, 0.3) is 5.82 Å². The molecule has 1 saturated carbocycles. The minimum absolute atomic E-state index is 0.184. The van der Waals surface area contributed by atoms with Crippen molar-refractivity contribution in [3.63, 3.8) is 0 Å². The smallest absolute Gasteiger partial charge is 0.348 e. The molecule has 3 aromatic heterocycles. The maximum atomic E-state index is 12.9. The van der Waals surface area contributed by atoms with E-state index in [0.717, 1.165) is 49.2 Å². The Kier molecular flexibility index (Phi) is 6.29. The average molecular weight is 502 g/mol. The van der Waals surface area contributed by atoms with Crippen LogP contribution in [0.2, 0.25) is 0 Å².